The van der Waals surface area contributed by atoms with E-state index in [9.17, 15) is 9.59 Å². The monoisotopic (exact) mass is 367 g/mol. The van der Waals surface area contributed by atoms with E-state index < -0.39 is 0 Å². The first-order chi connectivity index (χ1) is 13.1. The summed E-state index contributed by atoms with van der Waals surface area (Å²) in [6.07, 6.45) is 0.896. The first-order valence-corrected chi connectivity index (χ1v) is 9.14. The smallest absolute Gasteiger partial charge is 0.255 e. The first kappa shape index (κ1) is 18.9. The van der Waals surface area contributed by atoms with Crippen molar-refractivity contribution in [1.82, 2.24) is 10.6 Å². The predicted octanol–water partition coefficient (Wildman–Crippen LogP) is 2.68. The Balaban J connectivity index is 1.72. The van der Waals surface area contributed by atoms with Gasteiger partial charge in [0.05, 0.1) is 18.4 Å². The average molecular weight is 367 g/mol. The maximum atomic E-state index is 12.8. The van der Waals surface area contributed by atoms with Crippen LogP contribution in [-0.2, 0) is 0 Å². The maximum Gasteiger partial charge on any atom is 0.255 e. The molecule has 2 unspecified atom stereocenters. The number of carbonyl (C=O) groups is 2. The van der Waals surface area contributed by atoms with Crippen LogP contribution in [0.15, 0.2) is 48.5 Å². The van der Waals surface area contributed by atoms with Gasteiger partial charge in [-0.25, -0.2) is 0 Å². The van der Waals surface area contributed by atoms with E-state index in [1.165, 1.54) is 0 Å². The van der Waals surface area contributed by atoms with E-state index >= 15 is 0 Å². The number of nitrogens with one attached hydrogen (secondary N) is 3. The second-order valence-electron chi connectivity index (χ2n) is 6.78. The average Bonchev–Trinajstić information content (AvgIpc) is 2.70. The Morgan fingerprint density at radius 1 is 1.07 bits per heavy atom. The molecular formula is C21H25N3O3. The molecule has 0 spiro atoms. The standard InChI is InChI=1S/C21H25N3O3/c1-14-13-22-12-11-18(14)23-21(26)17-5-3-4-6-19(17)24-20(25)15-7-9-16(27-2)10-8-15/h3-10,14,18,22H,11-13H2,1-2H3,(H,23,26)(H,24,25). The van der Waals surface area contributed by atoms with Crippen molar-refractivity contribution in [3.63, 3.8) is 0 Å². The number of amides is 2. The van der Waals surface area contributed by atoms with Gasteiger partial charge in [-0.15, -0.1) is 0 Å². The quantitative estimate of drug-likeness (QED) is 0.759. The summed E-state index contributed by atoms with van der Waals surface area (Å²) in [4.78, 5) is 25.3. The van der Waals surface area contributed by atoms with Crippen LogP contribution in [0.4, 0.5) is 5.69 Å². The summed E-state index contributed by atoms with van der Waals surface area (Å²) >= 11 is 0. The van der Waals surface area contributed by atoms with Crippen molar-refractivity contribution in [3.8, 4) is 5.75 Å². The van der Waals surface area contributed by atoms with Crippen LogP contribution in [0.2, 0.25) is 0 Å². The molecule has 3 N–H and O–H groups in total. The van der Waals surface area contributed by atoms with E-state index in [2.05, 4.69) is 22.9 Å². The zero-order valence-electron chi connectivity index (χ0n) is 15.6. The molecular weight excluding hydrogens is 342 g/mol. The molecule has 0 bridgehead atoms. The van der Waals surface area contributed by atoms with Gasteiger partial charge in [-0.2, -0.15) is 0 Å². The number of hydrogen-bond donors (Lipinski definition) is 3. The van der Waals surface area contributed by atoms with E-state index in [1.54, 1.807) is 55.6 Å². The van der Waals surface area contributed by atoms with Gasteiger partial charge in [0.25, 0.3) is 11.8 Å². The van der Waals surface area contributed by atoms with E-state index in [4.69, 9.17) is 4.74 Å². The van der Waals surface area contributed by atoms with Crippen molar-refractivity contribution in [2.45, 2.75) is 19.4 Å². The number of ether oxygens (including phenoxy) is 1. The number of methoxy groups -OCH3 is 1. The molecule has 0 aromatic heterocycles. The van der Waals surface area contributed by atoms with Crippen molar-refractivity contribution in [2.24, 2.45) is 5.92 Å². The summed E-state index contributed by atoms with van der Waals surface area (Å²) in [5, 5.41) is 9.27. The normalized spacial score (nSPS) is 19.2. The van der Waals surface area contributed by atoms with Gasteiger partial charge in [0.2, 0.25) is 0 Å². The molecule has 1 aliphatic rings. The third kappa shape index (κ3) is 4.65. The topological polar surface area (TPSA) is 79.5 Å². The Hall–Kier alpha value is -2.86. The maximum absolute atomic E-state index is 12.8. The molecule has 0 radical (unpaired) electrons. The van der Waals surface area contributed by atoms with Gasteiger partial charge in [-0.3, -0.25) is 9.59 Å². The summed E-state index contributed by atoms with van der Waals surface area (Å²) in [5.74, 6) is 0.610. The second-order valence-corrected chi connectivity index (χ2v) is 6.78. The Labute approximate surface area is 159 Å². The third-order valence-electron chi connectivity index (χ3n) is 4.87. The number of carbonyl (C=O) groups excluding carboxylic acids is 2. The summed E-state index contributed by atoms with van der Waals surface area (Å²) in [6, 6.07) is 14.0. The molecule has 1 heterocycles. The summed E-state index contributed by atoms with van der Waals surface area (Å²) in [6.45, 7) is 3.90. The SMILES string of the molecule is COc1ccc(C(=O)Nc2ccccc2C(=O)NC2CCNCC2C)cc1. The minimum atomic E-state index is -0.270. The van der Waals surface area contributed by atoms with Gasteiger partial charge in [-0.1, -0.05) is 19.1 Å². The highest BCUT2D eigenvalue weighted by molar-refractivity contribution is 6.09. The highest BCUT2D eigenvalue weighted by Crippen LogP contribution is 2.19. The van der Waals surface area contributed by atoms with Gasteiger partial charge >= 0.3 is 0 Å². The van der Waals surface area contributed by atoms with Crippen LogP contribution in [-0.4, -0.2) is 38.1 Å². The molecule has 142 valence electrons. The minimum Gasteiger partial charge on any atom is -0.497 e. The molecule has 2 amide bonds. The molecule has 0 aliphatic carbocycles. The fraction of sp³-hybridized carbons (Fsp3) is 0.333. The Morgan fingerprint density at radius 2 is 1.81 bits per heavy atom. The van der Waals surface area contributed by atoms with Crippen molar-refractivity contribution in [3.05, 3.63) is 59.7 Å². The molecule has 27 heavy (non-hydrogen) atoms. The highest BCUT2D eigenvalue weighted by atomic mass is 16.5. The number of rotatable bonds is 5. The Morgan fingerprint density at radius 3 is 2.52 bits per heavy atom. The van der Waals surface area contributed by atoms with Crippen molar-refractivity contribution >= 4 is 17.5 Å². The lowest BCUT2D eigenvalue weighted by Gasteiger charge is -2.30. The predicted molar refractivity (Wildman–Crippen MR) is 105 cm³/mol. The first-order valence-electron chi connectivity index (χ1n) is 9.14. The van der Waals surface area contributed by atoms with Crippen molar-refractivity contribution in [2.75, 3.05) is 25.5 Å². The molecule has 2 aromatic rings. The summed E-state index contributed by atoms with van der Waals surface area (Å²) in [7, 11) is 1.58. The molecule has 6 nitrogen and oxygen atoms in total. The van der Waals surface area contributed by atoms with E-state index in [0.29, 0.717) is 28.5 Å². The van der Waals surface area contributed by atoms with Gasteiger partial charge in [0.1, 0.15) is 5.75 Å². The molecule has 2 atom stereocenters. The number of piperidine rings is 1. The van der Waals surface area contributed by atoms with Gasteiger partial charge in [0.15, 0.2) is 0 Å². The van der Waals surface area contributed by atoms with Crippen LogP contribution < -0.4 is 20.7 Å². The zero-order valence-corrected chi connectivity index (χ0v) is 15.6. The molecule has 1 saturated heterocycles. The van der Waals surface area contributed by atoms with Crippen LogP contribution in [0.25, 0.3) is 0 Å². The highest BCUT2D eigenvalue weighted by Gasteiger charge is 2.24. The van der Waals surface area contributed by atoms with Crippen LogP contribution in [0, 0.1) is 5.92 Å². The van der Waals surface area contributed by atoms with Gasteiger partial charge in [0, 0.05) is 11.6 Å². The number of hydrogen-bond acceptors (Lipinski definition) is 4. The molecule has 1 fully saturated rings. The zero-order chi connectivity index (χ0) is 19.2. The molecule has 3 rings (SSSR count). The van der Waals surface area contributed by atoms with Crippen LogP contribution in [0.1, 0.15) is 34.1 Å². The number of para-hydroxylation sites is 1. The lowest BCUT2D eigenvalue weighted by atomic mass is 9.95. The second kappa shape index (κ2) is 8.68. The van der Waals surface area contributed by atoms with Crippen LogP contribution >= 0.6 is 0 Å². The third-order valence-corrected chi connectivity index (χ3v) is 4.87. The molecule has 0 saturated carbocycles. The van der Waals surface area contributed by atoms with E-state index in [0.717, 1.165) is 19.5 Å². The summed E-state index contributed by atoms with van der Waals surface area (Å²) < 4.78 is 5.11. The van der Waals surface area contributed by atoms with Crippen LogP contribution in [0.3, 0.4) is 0 Å². The van der Waals surface area contributed by atoms with E-state index in [-0.39, 0.29) is 17.9 Å². The molecule has 2 aromatic carbocycles. The van der Waals surface area contributed by atoms with Crippen molar-refractivity contribution < 1.29 is 14.3 Å². The summed E-state index contributed by atoms with van der Waals surface area (Å²) in [5.41, 5.74) is 1.46. The molecule has 1 aliphatic heterocycles. The van der Waals surface area contributed by atoms with Gasteiger partial charge < -0.3 is 20.7 Å². The fourth-order valence-corrected chi connectivity index (χ4v) is 3.20. The Kier molecular flexibility index (Phi) is 6.08. The van der Waals surface area contributed by atoms with Gasteiger partial charge in [-0.05, 0) is 61.8 Å². The van der Waals surface area contributed by atoms with Crippen LogP contribution in [0.5, 0.6) is 5.75 Å². The largest absolute Gasteiger partial charge is 0.497 e. The minimum absolute atomic E-state index is 0.129. The lowest BCUT2D eigenvalue weighted by molar-refractivity contribution is 0.0915. The number of anilines is 1. The number of benzene rings is 2. The molecule has 6 heteroatoms. The fourth-order valence-electron chi connectivity index (χ4n) is 3.20. The van der Waals surface area contributed by atoms with Crippen molar-refractivity contribution in [1.29, 1.82) is 0 Å². The Bertz CT molecular complexity index is 805. The van der Waals surface area contributed by atoms with E-state index in [1.807, 2.05) is 0 Å². The lowest BCUT2D eigenvalue weighted by Crippen LogP contribution is -2.48.